The fourth-order valence-electron chi connectivity index (χ4n) is 4.15. The molecule has 5 rings (SSSR count). The van der Waals surface area contributed by atoms with Gasteiger partial charge in [-0.3, -0.25) is 14.2 Å². The second-order valence-electron chi connectivity index (χ2n) is 7.69. The summed E-state index contributed by atoms with van der Waals surface area (Å²) < 4.78 is 35.0. The smallest absolute Gasteiger partial charge is 0.200 e. The molecule has 0 radical (unpaired) electrons. The first-order valence-electron chi connectivity index (χ1n) is 11.0. The summed E-state index contributed by atoms with van der Waals surface area (Å²) in [4.78, 5) is 13.5. The van der Waals surface area contributed by atoms with Crippen molar-refractivity contribution in [3.8, 4) is 11.1 Å². The Bertz CT molecular complexity index is 1490. The van der Waals surface area contributed by atoms with Gasteiger partial charge in [-0.1, -0.05) is 25.1 Å². The molecular formula is C25H26FN5O2S. The standard InChI is InChI=1S/C23H20FN5O2S.C2H6/c1-12-21(14(3)31-28-12)15-10-19-16(9-17(15)24)22-20(11-26-19)27-23(32(4)30)29(22)13(2)18-7-5-6-8-25-18;1-2/h5-11,13H,1-4H3;1-2H3/t13-,32?;/m1./s1. The van der Waals surface area contributed by atoms with E-state index in [0.717, 1.165) is 5.69 Å². The molecule has 0 saturated heterocycles. The van der Waals surface area contributed by atoms with Crippen LogP contribution in [-0.4, -0.2) is 35.1 Å². The molecule has 1 aromatic carbocycles. The zero-order valence-corrected chi connectivity index (χ0v) is 20.8. The molecule has 0 spiro atoms. The van der Waals surface area contributed by atoms with Crippen LogP contribution in [0.15, 0.2) is 52.4 Å². The number of pyridine rings is 2. The molecule has 5 aromatic rings. The molecule has 4 heterocycles. The van der Waals surface area contributed by atoms with Gasteiger partial charge in [-0.2, -0.15) is 0 Å². The number of halogens is 1. The molecule has 0 fully saturated rings. The van der Waals surface area contributed by atoms with Gasteiger partial charge >= 0.3 is 0 Å². The van der Waals surface area contributed by atoms with Crippen molar-refractivity contribution in [3.05, 3.63) is 65.7 Å². The minimum atomic E-state index is -1.37. The molecule has 9 heteroatoms. The molecule has 0 N–H and O–H groups in total. The normalized spacial score (nSPS) is 13.0. The van der Waals surface area contributed by atoms with Crippen LogP contribution in [-0.2, 0) is 10.8 Å². The van der Waals surface area contributed by atoms with Crippen LogP contribution in [0.3, 0.4) is 0 Å². The average molecular weight is 480 g/mol. The van der Waals surface area contributed by atoms with Crippen LogP contribution >= 0.6 is 0 Å². The molecule has 2 atom stereocenters. The Morgan fingerprint density at radius 2 is 1.88 bits per heavy atom. The Labute approximate surface area is 199 Å². The van der Waals surface area contributed by atoms with Crippen LogP contribution in [0.2, 0.25) is 0 Å². The minimum Gasteiger partial charge on any atom is -0.361 e. The zero-order valence-electron chi connectivity index (χ0n) is 20.0. The van der Waals surface area contributed by atoms with Gasteiger partial charge in [-0.25, -0.2) is 9.37 Å². The van der Waals surface area contributed by atoms with E-state index < -0.39 is 16.6 Å². The SMILES string of the molecule is CC.Cc1noc(C)c1-c1cc2ncc3nc(S(C)=O)n([C@H](C)c4ccccn4)c3c2cc1F. The van der Waals surface area contributed by atoms with Crippen molar-refractivity contribution in [1.29, 1.82) is 0 Å². The van der Waals surface area contributed by atoms with Gasteiger partial charge in [-0.15, -0.1) is 0 Å². The summed E-state index contributed by atoms with van der Waals surface area (Å²) >= 11 is 0. The van der Waals surface area contributed by atoms with E-state index in [0.29, 0.717) is 49.7 Å². The first-order chi connectivity index (χ1) is 16.4. The van der Waals surface area contributed by atoms with Crippen molar-refractivity contribution in [3.63, 3.8) is 0 Å². The fourth-order valence-corrected chi connectivity index (χ4v) is 4.91. The Balaban J connectivity index is 0.00000133. The highest BCUT2D eigenvalue weighted by atomic mass is 32.2. The molecule has 4 aromatic heterocycles. The Morgan fingerprint density at radius 1 is 1.12 bits per heavy atom. The maximum absolute atomic E-state index is 15.4. The molecule has 176 valence electrons. The molecule has 0 saturated carbocycles. The van der Waals surface area contributed by atoms with E-state index >= 15 is 4.39 Å². The van der Waals surface area contributed by atoms with E-state index in [2.05, 4.69) is 20.1 Å². The Morgan fingerprint density at radius 3 is 2.50 bits per heavy atom. The summed E-state index contributed by atoms with van der Waals surface area (Å²) in [6.45, 7) is 9.49. The van der Waals surface area contributed by atoms with Gasteiger partial charge in [0.05, 0.1) is 51.0 Å². The average Bonchev–Trinajstić information content (AvgIpc) is 3.40. The second-order valence-corrected chi connectivity index (χ2v) is 8.96. The number of aromatic nitrogens is 5. The van der Waals surface area contributed by atoms with Crippen molar-refractivity contribution in [2.24, 2.45) is 0 Å². The molecule has 0 aliphatic rings. The molecule has 0 bridgehead atoms. The second kappa shape index (κ2) is 9.42. The number of aryl methyl sites for hydroxylation is 2. The van der Waals surface area contributed by atoms with Gasteiger partial charge in [0.25, 0.3) is 0 Å². The number of rotatable bonds is 4. The van der Waals surface area contributed by atoms with Gasteiger partial charge in [0.1, 0.15) is 17.1 Å². The molecule has 0 aliphatic carbocycles. The third-order valence-electron chi connectivity index (χ3n) is 5.64. The van der Waals surface area contributed by atoms with Crippen LogP contribution in [0, 0.1) is 19.7 Å². The van der Waals surface area contributed by atoms with E-state index in [9.17, 15) is 4.21 Å². The molecule has 0 aliphatic heterocycles. The van der Waals surface area contributed by atoms with Gasteiger partial charge in [0, 0.05) is 23.4 Å². The van der Waals surface area contributed by atoms with Crippen LogP contribution in [0.25, 0.3) is 33.1 Å². The van der Waals surface area contributed by atoms with Gasteiger partial charge in [-0.05, 0) is 45.0 Å². The number of nitrogens with zero attached hydrogens (tertiary/aromatic N) is 5. The highest BCUT2D eigenvalue weighted by molar-refractivity contribution is 7.84. The van der Waals surface area contributed by atoms with Crippen molar-refractivity contribution in [2.75, 3.05) is 6.26 Å². The lowest BCUT2D eigenvalue weighted by Gasteiger charge is -2.17. The Kier molecular flexibility index (Phi) is 6.56. The molecular weight excluding hydrogens is 453 g/mol. The number of hydrogen-bond acceptors (Lipinski definition) is 6. The van der Waals surface area contributed by atoms with Crippen LogP contribution in [0.1, 0.15) is 44.0 Å². The third kappa shape index (κ3) is 3.90. The number of benzene rings is 1. The minimum absolute atomic E-state index is 0.268. The van der Waals surface area contributed by atoms with E-state index in [1.807, 2.05) is 43.5 Å². The van der Waals surface area contributed by atoms with Gasteiger partial charge in [0.2, 0.25) is 0 Å². The molecule has 34 heavy (non-hydrogen) atoms. The lowest BCUT2D eigenvalue weighted by Crippen LogP contribution is -2.12. The largest absolute Gasteiger partial charge is 0.361 e. The van der Waals surface area contributed by atoms with E-state index in [-0.39, 0.29) is 6.04 Å². The van der Waals surface area contributed by atoms with Crippen molar-refractivity contribution < 1.29 is 13.1 Å². The number of fused-ring (bicyclic) bond motifs is 3. The van der Waals surface area contributed by atoms with Crippen LogP contribution in [0.5, 0.6) is 0 Å². The summed E-state index contributed by atoms with van der Waals surface area (Å²) in [7, 11) is -1.37. The lowest BCUT2D eigenvalue weighted by atomic mass is 10.0. The predicted octanol–water partition coefficient (Wildman–Crippen LogP) is 5.76. The monoisotopic (exact) mass is 479 g/mol. The quantitative estimate of drug-likeness (QED) is 0.326. The summed E-state index contributed by atoms with van der Waals surface area (Å²) in [5, 5.41) is 4.92. The summed E-state index contributed by atoms with van der Waals surface area (Å²) in [5.74, 6) is 0.123. The number of hydrogen-bond donors (Lipinski definition) is 0. The third-order valence-corrected chi connectivity index (χ3v) is 6.44. The molecule has 1 unspecified atom stereocenters. The number of imidazole rings is 1. The predicted molar refractivity (Wildman–Crippen MR) is 132 cm³/mol. The lowest BCUT2D eigenvalue weighted by molar-refractivity contribution is 0.393. The summed E-state index contributed by atoms with van der Waals surface area (Å²) in [6.07, 6.45) is 4.92. The van der Waals surface area contributed by atoms with E-state index in [4.69, 9.17) is 4.52 Å². The van der Waals surface area contributed by atoms with E-state index in [1.54, 1.807) is 38.6 Å². The van der Waals surface area contributed by atoms with E-state index in [1.165, 1.54) is 6.07 Å². The topological polar surface area (TPSA) is 86.7 Å². The summed E-state index contributed by atoms with van der Waals surface area (Å²) in [6, 6.07) is 8.52. The highest BCUT2D eigenvalue weighted by Gasteiger charge is 2.24. The van der Waals surface area contributed by atoms with Crippen molar-refractivity contribution >= 4 is 32.7 Å². The van der Waals surface area contributed by atoms with Crippen molar-refractivity contribution in [1.82, 2.24) is 24.7 Å². The maximum atomic E-state index is 15.4. The summed E-state index contributed by atoms with van der Waals surface area (Å²) in [5.41, 5.74) is 4.21. The first kappa shape index (κ1) is 23.7. The first-order valence-corrected chi connectivity index (χ1v) is 12.6. The zero-order chi connectivity index (χ0) is 24.6. The Hall–Kier alpha value is -3.46. The van der Waals surface area contributed by atoms with Crippen LogP contribution in [0.4, 0.5) is 4.39 Å². The molecule has 7 nitrogen and oxygen atoms in total. The fraction of sp³-hybridized carbons (Fsp3) is 0.280. The van der Waals surface area contributed by atoms with Crippen molar-refractivity contribution in [2.45, 2.75) is 45.8 Å². The van der Waals surface area contributed by atoms with Gasteiger partial charge < -0.3 is 9.09 Å². The maximum Gasteiger partial charge on any atom is 0.200 e. The van der Waals surface area contributed by atoms with Gasteiger partial charge in [0.15, 0.2) is 5.16 Å². The molecule has 0 amide bonds. The highest BCUT2D eigenvalue weighted by Crippen LogP contribution is 2.36. The van der Waals surface area contributed by atoms with Crippen LogP contribution < -0.4 is 0 Å².